The molecule has 0 radical (unpaired) electrons. The third kappa shape index (κ3) is 3.37. The molecular weight excluding hydrogens is 462 g/mol. The van der Waals surface area contributed by atoms with Crippen LogP contribution in [0.15, 0.2) is 46.8 Å². The zero-order chi connectivity index (χ0) is 22.6. The van der Waals surface area contributed by atoms with Crippen molar-refractivity contribution < 1.29 is 26.7 Å². The van der Waals surface area contributed by atoms with E-state index in [1.165, 1.54) is 21.3 Å². The number of ether oxygens (including phenoxy) is 1. The summed E-state index contributed by atoms with van der Waals surface area (Å²) in [6.45, 7) is 1.99. The molecule has 0 spiro atoms. The summed E-state index contributed by atoms with van der Waals surface area (Å²) in [5.74, 6) is -2.05. The van der Waals surface area contributed by atoms with Crippen LogP contribution < -0.4 is 9.62 Å². The molecular formula is C20H20F2N4O4S2. The summed E-state index contributed by atoms with van der Waals surface area (Å²) in [5.41, 5.74) is 1.87. The number of hydrogen-bond donors (Lipinski definition) is 1. The minimum atomic E-state index is -3.77. The van der Waals surface area contributed by atoms with Crippen LogP contribution in [0.5, 0.6) is 0 Å². The predicted octanol–water partition coefficient (Wildman–Crippen LogP) is 3.33. The number of fused-ring (bicyclic) bond motifs is 2. The third-order valence-corrected chi connectivity index (χ3v) is 8.78. The molecule has 0 saturated carbocycles. The number of allylic oxidation sites excluding steroid dienone is 2. The van der Waals surface area contributed by atoms with Crippen LogP contribution in [0.1, 0.15) is 25.3 Å². The van der Waals surface area contributed by atoms with Gasteiger partial charge in [-0.25, -0.2) is 22.0 Å². The number of sulfonamides is 1. The number of piperidine rings is 1. The van der Waals surface area contributed by atoms with Crippen LogP contribution in [0.2, 0.25) is 0 Å². The highest BCUT2D eigenvalue weighted by molar-refractivity contribution is 7.96. The van der Waals surface area contributed by atoms with Gasteiger partial charge in [-0.15, -0.1) is 0 Å². The molecule has 170 valence electrons. The van der Waals surface area contributed by atoms with E-state index in [9.17, 15) is 22.0 Å². The minimum absolute atomic E-state index is 0.131. The Morgan fingerprint density at radius 3 is 2.66 bits per heavy atom. The van der Waals surface area contributed by atoms with Crippen LogP contribution >= 0.6 is 12.1 Å². The van der Waals surface area contributed by atoms with Crippen molar-refractivity contribution in [3.8, 4) is 0 Å². The van der Waals surface area contributed by atoms with E-state index in [0.717, 1.165) is 12.1 Å². The molecule has 1 aromatic rings. The SMILES string of the molecule is CC1=C(S(=O)(=O)N2CCC(N3C(=O)OCc4cc(F)c(F)cc43)CC2)C2=CNSN2C=C1. The average molecular weight is 483 g/mol. The van der Waals surface area contributed by atoms with E-state index in [0.29, 0.717) is 29.7 Å². The molecule has 4 aliphatic heterocycles. The van der Waals surface area contributed by atoms with E-state index >= 15 is 0 Å². The first-order valence-electron chi connectivity index (χ1n) is 10.0. The number of carbonyl (C=O) groups is 1. The number of anilines is 1. The summed E-state index contributed by atoms with van der Waals surface area (Å²) >= 11 is 1.28. The summed E-state index contributed by atoms with van der Waals surface area (Å²) in [6.07, 6.45) is 5.25. The minimum Gasteiger partial charge on any atom is -0.444 e. The van der Waals surface area contributed by atoms with Gasteiger partial charge in [0, 0.05) is 43.2 Å². The number of nitrogens with zero attached hydrogens (tertiary/aromatic N) is 3. The second kappa shape index (κ2) is 7.78. The van der Waals surface area contributed by atoms with Gasteiger partial charge in [0.15, 0.2) is 11.6 Å². The van der Waals surface area contributed by atoms with Crippen molar-refractivity contribution >= 4 is 33.9 Å². The Bertz CT molecular complexity index is 1190. The molecule has 8 nitrogen and oxygen atoms in total. The van der Waals surface area contributed by atoms with Crippen molar-refractivity contribution in [3.63, 3.8) is 0 Å². The molecule has 0 aliphatic carbocycles. The van der Waals surface area contributed by atoms with E-state index < -0.39 is 33.8 Å². The number of rotatable bonds is 3. The van der Waals surface area contributed by atoms with Crippen molar-refractivity contribution in [2.24, 2.45) is 0 Å². The van der Waals surface area contributed by atoms with Gasteiger partial charge in [-0.1, -0.05) is 0 Å². The average Bonchev–Trinajstić information content (AvgIpc) is 3.23. The number of amides is 1. The molecule has 12 heteroatoms. The number of hydrogen-bond acceptors (Lipinski definition) is 7. The molecule has 4 heterocycles. The Balaban J connectivity index is 1.38. The largest absolute Gasteiger partial charge is 0.444 e. The van der Waals surface area contributed by atoms with E-state index in [-0.39, 0.29) is 30.3 Å². The molecule has 32 heavy (non-hydrogen) atoms. The lowest BCUT2D eigenvalue weighted by Gasteiger charge is -2.40. The van der Waals surface area contributed by atoms with Crippen molar-refractivity contribution in [3.05, 3.63) is 64.0 Å². The molecule has 5 rings (SSSR count). The first-order valence-corrected chi connectivity index (χ1v) is 12.2. The Labute approximate surface area is 188 Å². The van der Waals surface area contributed by atoms with Crippen molar-refractivity contribution in [2.75, 3.05) is 18.0 Å². The third-order valence-electron chi connectivity index (χ3n) is 5.95. The van der Waals surface area contributed by atoms with Crippen molar-refractivity contribution in [1.29, 1.82) is 0 Å². The van der Waals surface area contributed by atoms with E-state index in [1.54, 1.807) is 29.7 Å². The number of cyclic esters (lactones) is 1. The smallest absolute Gasteiger partial charge is 0.414 e. The Morgan fingerprint density at radius 2 is 1.91 bits per heavy atom. The standard InChI is InChI=1S/C20H20F2N4O4S2/c1-12-2-7-25-18(10-23-31-25)19(12)32(28,29)24-5-3-14(4-6-24)26-17-9-16(22)15(21)8-13(17)11-30-20(26)27/h2,7-10,14,23H,3-6,11H2,1H3. The van der Waals surface area contributed by atoms with Gasteiger partial charge in [0.2, 0.25) is 10.0 Å². The Hall–Kier alpha value is -2.57. The predicted molar refractivity (Wildman–Crippen MR) is 115 cm³/mol. The molecule has 1 aromatic carbocycles. The maximum absolute atomic E-state index is 13.9. The van der Waals surface area contributed by atoms with Crippen LogP contribution in [0.3, 0.4) is 0 Å². The van der Waals surface area contributed by atoms with Crippen LogP contribution in [-0.2, 0) is 21.4 Å². The summed E-state index contributed by atoms with van der Waals surface area (Å²) in [6, 6.07) is 1.64. The molecule has 1 amide bonds. The highest BCUT2D eigenvalue weighted by atomic mass is 32.2. The number of carbonyl (C=O) groups excluding carboxylic acids is 1. The monoisotopic (exact) mass is 482 g/mol. The highest BCUT2D eigenvalue weighted by Crippen LogP contribution is 2.39. The molecule has 1 saturated heterocycles. The van der Waals surface area contributed by atoms with Crippen molar-refractivity contribution in [2.45, 2.75) is 32.4 Å². The van der Waals surface area contributed by atoms with Gasteiger partial charge in [-0.3, -0.25) is 9.21 Å². The second-order valence-corrected chi connectivity index (χ2v) is 10.5. The second-order valence-electron chi connectivity index (χ2n) is 7.85. The van der Waals surface area contributed by atoms with Crippen LogP contribution in [0, 0.1) is 11.6 Å². The zero-order valence-electron chi connectivity index (χ0n) is 17.0. The fourth-order valence-electron chi connectivity index (χ4n) is 4.36. The Morgan fingerprint density at radius 1 is 1.19 bits per heavy atom. The molecule has 1 N–H and O–H groups in total. The van der Waals surface area contributed by atoms with Crippen LogP contribution in [0.4, 0.5) is 19.3 Å². The zero-order valence-corrected chi connectivity index (χ0v) is 18.7. The number of nitrogens with one attached hydrogen (secondary N) is 1. The molecule has 0 atom stereocenters. The lowest BCUT2D eigenvalue weighted by molar-refractivity contribution is 0.135. The normalized spacial score (nSPS) is 21.8. The van der Waals surface area contributed by atoms with E-state index in [2.05, 4.69) is 4.72 Å². The summed E-state index contributed by atoms with van der Waals surface area (Å²) in [7, 11) is -3.77. The van der Waals surface area contributed by atoms with Gasteiger partial charge in [-0.2, -0.15) is 4.31 Å². The van der Waals surface area contributed by atoms with Gasteiger partial charge >= 0.3 is 6.09 Å². The summed E-state index contributed by atoms with van der Waals surface area (Å²) in [5, 5.41) is 0. The molecule has 1 fully saturated rings. The molecule has 4 aliphatic rings. The van der Waals surface area contributed by atoms with Gasteiger partial charge < -0.3 is 9.46 Å². The van der Waals surface area contributed by atoms with E-state index in [4.69, 9.17) is 4.74 Å². The first-order chi connectivity index (χ1) is 15.3. The van der Waals surface area contributed by atoms with Gasteiger partial charge in [0.05, 0.1) is 23.5 Å². The quantitative estimate of drug-likeness (QED) is 0.662. The maximum atomic E-state index is 13.9. The van der Waals surface area contributed by atoms with Crippen LogP contribution in [-0.4, -0.2) is 42.3 Å². The fourth-order valence-corrected chi connectivity index (χ4v) is 6.91. The first kappa shape index (κ1) is 21.3. The number of benzene rings is 1. The topological polar surface area (TPSA) is 82.2 Å². The van der Waals surface area contributed by atoms with Crippen LogP contribution in [0.25, 0.3) is 0 Å². The molecule has 0 bridgehead atoms. The fraction of sp³-hybridized carbons (Fsp3) is 0.350. The number of halogens is 2. The van der Waals surface area contributed by atoms with Gasteiger partial charge in [-0.05, 0) is 37.5 Å². The molecule has 0 aromatic heterocycles. The van der Waals surface area contributed by atoms with Gasteiger partial charge in [0.1, 0.15) is 11.5 Å². The summed E-state index contributed by atoms with van der Waals surface area (Å²) < 4.78 is 65.7. The van der Waals surface area contributed by atoms with Gasteiger partial charge in [0.25, 0.3) is 0 Å². The molecule has 0 unspecified atom stereocenters. The van der Waals surface area contributed by atoms with E-state index in [1.807, 2.05) is 0 Å². The highest BCUT2D eigenvalue weighted by Gasteiger charge is 2.40. The lowest BCUT2D eigenvalue weighted by Crippen LogP contribution is -2.51. The maximum Gasteiger partial charge on any atom is 0.414 e. The van der Waals surface area contributed by atoms with Crippen molar-refractivity contribution in [1.82, 2.24) is 13.3 Å². The summed E-state index contributed by atoms with van der Waals surface area (Å²) in [4.78, 5) is 14.0. The Kier molecular flexibility index (Phi) is 5.18. The lowest BCUT2D eigenvalue weighted by atomic mass is 10.0.